The number of nitrogens with zero attached hydrogens (tertiary/aromatic N) is 2. The Bertz CT molecular complexity index is 1470. The molecule has 0 spiro atoms. The van der Waals surface area contributed by atoms with Crippen LogP contribution in [-0.4, -0.2) is 43.4 Å². The molecule has 0 aromatic heterocycles. The predicted octanol–water partition coefficient (Wildman–Crippen LogP) is 2.84. The smallest absolute Gasteiger partial charge is 0.251 e. The summed E-state index contributed by atoms with van der Waals surface area (Å²) in [5.74, 6) is -1.09. The first kappa shape index (κ1) is 34.5. The number of aliphatic imine (C=N–C) groups is 1. The first-order valence-corrected chi connectivity index (χ1v) is 18.7. The van der Waals surface area contributed by atoms with E-state index in [9.17, 15) is 0 Å². The number of hydrogen-bond donors (Lipinski definition) is 3. The van der Waals surface area contributed by atoms with Gasteiger partial charge in [0.2, 0.25) is 0 Å². The van der Waals surface area contributed by atoms with Gasteiger partial charge in [-0.3, -0.25) is 9.89 Å². The van der Waals surface area contributed by atoms with Gasteiger partial charge in [-0.25, -0.2) is 5.32 Å². The fourth-order valence-electron chi connectivity index (χ4n) is 5.92. The number of unbranched alkanes of at least 4 members (excludes halogenated alkanes) is 4. The van der Waals surface area contributed by atoms with Gasteiger partial charge in [-0.15, -0.1) is 0 Å². The van der Waals surface area contributed by atoms with Crippen molar-refractivity contribution in [3.8, 4) is 5.75 Å². The topological polar surface area (TPSA) is 74.7 Å². The van der Waals surface area contributed by atoms with Crippen molar-refractivity contribution in [2.45, 2.75) is 38.3 Å². The molecule has 1 unspecified atom stereocenters. The Morgan fingerprint density at radius 2 is 1.22 bits per heavy atom. The molecule has 4 aromatic carbocycles. The van der Waals surface area contributed by atoms with E-state index >= 15 is 0 Å². The number of nitrogens with two attached hydrogens (primary N) is 1. The molecule has 0 radical (unpaired) electrons. The molecule has 1 heterocycles. The van der Waals surface area contributed by atoms with E-state index in [0.29, 0.717) is 12.6 Å². The molecule has 6 nitrogen and oxygen atoms in total. The maximum absolute atomic E-state index is 8.18. The number of rotatable bonds is 13. The molecule has 4 aromatic rings. The van der Waals surface area contributed by atoms with Crippen LogP contribution in [0.3, 0.4) is 0 Å². The van der Waals surface area contributed by atoms with Crippen molar-refractivity contribution in [1.82, 2.24) is 10.6 Å². The second-order valence-corrected chi connectivity index (χ2v) is 18.1. The van der Waals surface area contributed by atoms with E-state index in [2.05, 4.69) is 107 Å². The summed E-state index contributed by atoms with van der Waals surface area (Å²) in [6.07, 6.45) is 6.17. The van der Waals surface area contributed by atoms with Gasteiger partial charge in [-0.05, 0) is 0 Å². The van der Waals surface area contributed by atoms with Crippen molar-refractivity contribution in [3.63, 3.8) is 0 Å². The van der Waals surface area contributed by atoms with Gasteiger partial charge in [0.15, 0.2) is 6.17 Å². The third kappa shape index (κ3) is 7.89. The molecule has 45 heavy (non-hydrogen) atoms. The number of hydrogen-bond acceptors (Lipinski definition) is 3. The fraction of sp³-hybridized carbons (Fsp3) is 0.278. The van der Waals surface area contributed by atoms with E-state index in [1.807, 2.05) is 42.9 Å². The van der Waals surface area contributed by atoms with Crippen LogP contribution >= 0.6 is 17.2 Å². The molecule has 1 aliphatic heterocycles. The zero-order chi connectivity index (χ0) is 30.9. The summed E-state index contributed by atoms with van der Waals surface area (Å²) in [7, 11) is 3.90. The predicted molar refractivity (Wildman–Crippen MR) is 189 cm³/mol. The molecular weight excluding hydrogens is 665 g/mol. The van der Waals surface area contributed by atoms with Crippen LogP contribution in [0.5, 0.6) is 5.75 Å². The average molecular weight is 709 g/mol. The van der Waals surface area contributed by atoms with Crippen molar-refractivity contribution in [1.29, 1.82) is 0 Å². The molecular formula is C36H44BrClN5OP. The van der Waals surface area contributed by atoms with E-state index in [1.54, 1.807) is 0 Å². The Kier molecular flexibility index (Phi) is 12.1. The number of guanidine groups is 2. The second-order valence-electron chi connectivity index (χ2n) is 11.5. The quantitative estimate of drug-likeness (QED) is 0.114. The SMILES string of the molecule is C[N+](C)=C1NC(N)=NC(c2ccc(OCCCCCCCP(Cl)(c3ccccc3)(c3ccccc3)c3ccccc3)cc2)N1.[Br-]. The van der Waals surface area contributed by atoms with Crippen LogP contribution in [0.25, 0.3) is 0 Å². The molecule has 0 saturated carbocycles. The largest absolute Gasteiger partial charge is 1.00 e. The average Bonchev–Trinajstić information content (AvgIpc) is 3.07. The summed E-state index contributed by atoms with van der Waals surface area (Å²) < 4.78 is 8.00. The maximum atomic E-state index is 8.18. The Morgan fingerprint density at radius 3 is 1.73 bits per heavy atom. The van der Waals surface area contributed by atoms with Gasteiger partial charge in [0, 0.05) is 0 Å². The van der Waals surface area contributed by atoms with Crippen LogP contribution in [-0.2, 0) is 0 Å². The van der Waals surface area contributed by atoms with Gasteiger partial charge >= 0.3 is 215 Å². The standard InChI is InChI=1S/C36H43ClN5OP.BrH/c1-42(2)36-40-34(39-35(38)41-36)29-23-25-30(26-24-29)43-27-15-4-3-5-16-28-44(37,31-17-9-6-10-18-31,32-19-11-7-12-20-32)33-21-13-8-14-22-33;/h6-14,17-26,34H,3-5,15-16,27-28H2,1-2H3,(H3,38,39,40,41);1H. The van der Waals surface area contributed by atoms with Gasteiger partial charge in [0.25, 0.3) is 5.96 Å². The molecule has 0 saturated heterocycles. The van der Waals surface area contributed by atoms with Crippen LogP contribution in [0.4, 0.5) is 0 Å². The van der Waals surface area contributed by atoms with Crippen molar-refractivity contribution in [2.24, 2.45) is 10.7 Å². The molecule has 0 bridgehead atoms. The molecule has 0 amide bonds. The van der Waals surface area contributed by atoms with Crippen LogP contribution in [0.2, 0.25) is 0 Å². The summed E-state index contributed by atoms with van der Waals surface area (Å²) in [6, 6.07) is 40.3. The Labute approximate surface area is 283 Å². The number of benzene rings is 4. The summed E-state index contributed by atoms with van der Waals surface area (Å²) >= 11 is 8.18. The van der Waals surface area contributed by atoms with Crippen LogP contribution in [0, 0.1) is 0 Å². The normalized spacial score (nSPS) is 15.4. The third-order valence-electron chi connectivity index (χ3n) is 8.31. The monoisotopic (exact) mass is 707 g/mol. The van der Waals surface area contributed by atoms with Crippen molar-refractivity contribution in [3.05, 3.63) is 121 Å². The second kappa shape index (κ2) is 15.8. The van der Waals surface area contributed by atoms with Gasteiger partial charge in [0.1, 0.15) is 0 Å². The van der Waals surface area contributed by atoms with E-state index in [-0.39, 0.29) is 23.1 Å². The Balaban J connectivity index is 0.00000461. The van der Waals surface area contributed by atoms with Crippen molar-refractivity contribution < 1.29 is 26.3 Å². The van der Waals surface area contributed by atoms with E-state index in [4.69, 9.17) is 21.7 Å². The number of ether oxygens (including phenoxy) is 1. The zero-order valence-electron chi connectivity index (χ0n) is 26.1. The summed E-state index contributed by atoms with van der Waals surface area (Å²) in [6.45, 7) is 0.696. The first-order valence-electron chi connectivity index (χ1n) is 15.4. The molecule has 9 heteroatoms. The number of halogens is 2. The Morgan fingerprint density at radius 1 is 0.733 bits per heavy atom. The molecule has 0 aliphatic carbocycles. The van der Waals surface area contributed by atoms with Crippen LogP contribution < -0.4 is 54.0 Å². The minimum absolute atomic E-state index is 0. The molecule has 5 rings (SSSR count). The minimum atomic E-state index is -3.17. The molecule has 0 fully saturated rings. The van der Waals surface area contributed by atoms with Gasteiger partial charge in [-0.2, -0.15) is 4.99 Å². The Hall–Kier alpha value is -3.38. The number of nitrogens with one attached hydrogen (secondary N) is 2. The molecule has 1 aliphatic rings. The van der Waals surface area contributed by atoms with Gasteiger partial charge in [-0.1, -0.05) is 0 Å². The summed E-state index contributed by atoms with van der Waals surface area (Å²) in [5, 5.41) is 10.1. The zero-order valence-corrected chi connectivity index (χ0v) is 29.3. The first-order chi connectivity index (χ1) is 21.4. The van der Waals surface area contributed by atoms with E-state index in [0.717, 1.165) is 55.5 Å². The van der Waals surface area contributed by atoms with Crippen molar-refractivity contribution >= 4 is 45.0 Å². The molecule has 238 valence electrons. The fourth-order valence-corrected chi connectivity index (χ4v) is 12.2. The van der Waals surface area contributed by atoms with E-state index in [1.165, 1.54) is 15.9 Å². The van der Waals surface area contributed by atoms with Gasteiger partial charge < -0.3 is 22.7 Å². The minimum Gasteiger partial charge on any atom is -1.00 e. The van der Waals surface area contributed by atoms with Crippen LogP contribution in [0.15, 0.2) is 120 Å². The molecule has 1 atom stereocenters. The van der Waals surface area contributed by atoms with Gasteiger partial charge in [0.05, 0.1) is 14.1 Å². The van der Waals surface area contributed by atoms with Crippen molar-refractivity contribution in [2.75, 3.05) is 26.9 Å². The maximum Gasteiger partial charge on any atom is -0.251 e. The summed E-state index contributed by atoms with van der Waals surface area (Å²) in [5.41, 5.74) is 7.00. The third-order valence-corrected chi connectivity index (χ3v) is 15.9. The summed E-state index contributed by atoms with van der Waals surface area (Å²) in [4.78, 5) is 4.47. The molecule has 4 N–H and O–H groups in total. The van der Waals surface area contributed by atoms with E-state index < -0.39 is 5.96 Å². The van der Waals surface area contributed by atoms with Crippen LogP contribution in [0.1, 0.15) is 43.8 Å².